The van der Waals surface area contributed by atoms with Gasteiger partial charge in [0.2, 0.25) is 0 Å². The van der Waals surface area contributed by atoms with E-state index in [2.05, 4.69) is 12.2 Å². The standard InChI is InChI=1S/C24H25NO3S/c1-4-9-20-16(3)21(24(27)28-5-2)23(29-20)25-22(26)19-14-12-18(13-15-19)17-10-7-6-8-11-17/h6-8,10-15H,4-5,9H2,1-3H3,(H,25,26). The summed E-state index contributed by atoms with van der Waals surface area (Å²) in [4.78, 5) is 26.4. The average Bonchev–Trinajstić information content (AvgIpc) is 3.04. The molecule has 0 spiro atoms. The van der Waals surface area contributed by atoms with Gasteiger partial charge in [-0.3, -0.25) is 4.79 Å². The average molecular weight is 408 g/mol. The van der Waals surface area contributed by atoms with Gasteiger partial charge in [0.1, 0.15) is 5.00 Å². The lowest BCUT2D eigenvalue weighted by atomic mass is 10.0. The summed E-state index contributed by atoms with van der Waals surface area (Å²) >= 11 is 1.46. The van der Waals surface area contributed by atoms with Crippen molar-refractivity contribution in [2.24, 2.45) is 0 Å². The monoisotopic (exact) mass is 407 g/mol. The molecule has 29 heavy (non-hydrogen) atoms. The number of benzene rings is 2. The van der Waals surface area contributed by atoms with Gasteiger partial charge in [-0.15, -0.1) is 11.3 Å². The number of carbonyl (C=O) groups excluding carboxylic acids is 2. The Balaban J connectivity index is 1.84. The number of esters is 1. The van der Waals surface area contributed by atoms with Crippen molar-refractivity contribution in [3.8, 4) is 11.1 Å². The van der Waals surface area contributed by atoms with Gasteiger partial charge >= 0.3 is 5.97 Å². The maximum Gasteiger partial charge on any atom is 0.341 e. The maximum atomic E-state index is 12.8. The molecule has 150 valence electrons. The van der Waals surface area contributed by atoms with E-state index in [-0.39, 0.29) is 5.91 Å². The predicted octanol–water partition coefficient (Wildman–Crippen LogP) is 6.11. The summed E-state index contributed by atoms with van der Waals surface area (Å²) in [6.07, 6.45) is 1.84. The molecule has 0 aliphatic heterocycles. The molecule has 0 atom stereocenters. The van der Waals surface area contributed by atoms with Crippen molar-refractivity contribution < 1.29 is 14.3 Å². The molecular weight excluding hydrogens is 382 g/mol. The molecule has 1 amide bonds. The van der Waals surface area contributed by atoms with E-state index < -0.39 is 5.97 Å². The number of carbonyl (C=O) groups is 2. The first-order chi connectivity index (χ1) is 14.0. The van der Waals surface area contributed by atoms with Gasteiger partial charge in [0.05, 0.1) is 12.2 Å². The molecule has 5 heteroatoms. The minimum Gasteiger partial charge on any atom is -0.462 e. The highest BCUT2D eigenvalue weighted by atomic mass is 32.1. The fourth-order valence-corrected chi connectivity index (χ4v) is 4.47. The Kier molecular flexibility index (Phi) is 6.83. The van der Waals surface area contributed by atoms with E-state index in [0.717, 1.165) is 34.4 Å². The fourth-order valence-electron chi connectivity index (χ4n) is 3.18. The summed E-state index contributed by atoms with van der Waals surface area (Å²) < 4.78 is 5.21. The van der Waals surface area contributed by atoms with Gasteiger partial charge < -0.3 is 10.1 Å². The van der Waals surface area contributed by atoms with Crippen LogP contribution in [0.1, 0.15) is 51.4 Å². The Morgan fingerprint density at radius 3 is 2.24 bits per heavy atom. The second-order valence-corrected chi connectivity index (χ2v) is 7.83. The first kappa shape index (κ1) is 20.8. The summed E-state index contributed by atoms with van der Waals surface area (Å²) in [6.45, 7) is 6.08. The lowest BCUT2D eigenvalue weighted by Crippen LogP contribution is -2.14. The first-order valence-electron chi connectivity index (χ1n) is 9.81. The van der Waals surface area contributed by atoms with Crippen LogP contribution in [0.3, 0.4) is 0 Å². The Labute approximate surface area is 175 Å². The van der Waals surface area contributed by atoms with E-state index >= 15 is 0 Å². The van der Waals surface area contributed by atoms with Gasteiger partial charge in [-0.25, -0.2) is 4.79 Å². The molecule has 3 aromatic rings. The summed E-state index contributed by atoms with van der Waals surface area (Å²) in [6, 6.07) is 17.5. The molecular formula is C24H25NO3S. The summed E-state index contributed by atoms with van der Waals surface area (Å²) in [5.74, 6) is -0.627. The Bertz CT molecular complexity index is 991. The number of hydrogen-bond acceptors (Lipinski definition) is 4. The van der Waals surface area contributed by atoms with Crippen molar-refractivity contribution in [3.05, 3.63) is 76.2 Å². The van der Waals surface area contributed by atoms with Gasteiger partial charge in [-0.2, -0.15) is 0 Å². The number of anilines is 1. The van der Waals surface area contributed by atoms with Gasteiger partial charge in [-0.1, -0.05) is 55.8 Å². The van der Waals surface area contributed by atoms with Crippen LogP contribution in [0.5, 0.6) is 0 Å². The zero-order valence-corrected chi connectivity index (χ0v) is 17.8. The van der Waals surface area contributed by atoms with E-state index in [9.17, 15) is 9.59 Å². The molecule has 1 aromatic heterocycles. The predicted molar refractivity (Wildman–Crippen MR) is 119 cm³/mol. The molecule has 1 heterocycles. The number of nitrogens with one attached hydrogen (secondary N) is 1. The third kappa shape index (κ3) is 4.74. The van der Waals surface area contributed by atoms with E-state index in [1.165, 1.54) is 11.3 Å². The summed E-state index contributed by atoms with van der Waals surface area (Å²) in [5.41, 5.74) is 4.05. The molecule has 0 radical (unpaired) electrons. The smallest absolute Gasteiger partial charge is 0.341 e. The zero-order chi connectivity index (χ0) is 20.8. The van der Waals surface area contributed by atoms with Crippen LogP contribution in [0.15, 0.2) is 54.6 Å². The highest BCUT2D eigenvalue weighted by Gasteiger charge is 2.23. The first-order valence-corrected chi connectivity index (χ1v) is 10.6. The molecule has 0 fully saturated rings. The molecule has 0 saturated heterocycles. The molecule has 0 aliphatic carbocycles. The molecule has 2 aromatic carbocycles. The third-order valence-corrected chi connectivity index (χ3v) is 5.95. The van der Waals surface area contributed by atoms with Crippen LogP contribution in [0.4, 0.5) is 5.00 Å². The van der Waals surface area contributed by atoms with Crippen LogP contribution >= 0.6 is 11.3 Å². The highest BCUT2D eigenvalue weighted by molar-refractivity contribution is 7.17. The topological polar surface area (TPSA) is 55.4 Å². The molecule has 3 rings (SSSR count). The summed E-state index contributed by atoms with van der Waals surface area (Å²) in [5, 5.41) is 3.48. The molecule has 0 saturated carbocycles. The molecule has 1 N–H and O–H groups in total. The van der Waals surface area contributed by atoms with Crippen LogP contribution in [-0.4, -0.2) is 18.5 Å². The summed E-state index contributed by atoms with van der Waals surface area (Å²) in [7, 11) is 0. The van der Waals surface area contributed by atoms with Crippen LogP contribution in [-0.2, 0) is 11.2 Å². The lowest BCUT2D eigenvalue weighted by molar-refractivity contribution is 0.0527. The van der Waals surface area contributed by atoms with E-state index in [1.54, 1.807) is 19.1 Å². The number of ether oxygens (including phenoxy) is 1. The van der Waals surface area contributed by atoms with Gasteiger partial charge in [-0.05, 0) is 49.1 Å². The van der Waals surface area contributed by atoms with Gasteiger partial charge in [0.25, 0.3) is 5.91 Å². The quantitative estimate of drug-likeness (QED) is 0.481. The number of amides is 1. The number of thiophene rings is 1. The SMILES string of the molecule is CCCc1sc(NC(=O)c2ccc(-c3ccccc3)cc2)c(C(=O)OCC)c1C. The molecule has 0 aliphatic rings. The van der Waals surface area contributed by atoms with Crippen LogP contribution in [0.2, 0.25) is 0 Å². The second kappa shape index (κ2) is 9.52. The lowest BCUT2D eigenvalue weighted by Gasteiger charge is -2.08. The largest absolute Gasteiger partial charge is 0.462 e. The normalized spacial score (nSPS) is 10.6. The molecule has 4 nitrogen and oxygen atoms in total. The van der Waals surface area contributed by atoms with Crippen LogP contribution < -0.4 is 5.32 Å². The van der Waals surface area contributed by atoms with E-state index in [4.69, 9.17) is 4.74 Å². The number of rotatable bonds is 7. The van der Waals surface area contributed by atoms with Crippen molar-refractivity contribution in [2.45, 2.75) is 33.6 Å². The third-order valence-electron chi connectivity index (χ3n) is 4.68. The van der Waals surface area contributed by atoms with Crippen molar-refractivity contribution in [1.29, 1.82) is 0 Å². The van der Waals surface area contributed by atoms with E-state index in [0.29, 0.717) is 22.7 Å². The van der Waals surface area contributed by atoms with Gasteiger partial charge in [0.15, 0.2) is 0 Å². The Morgan fingerprint density at radius 1 is 0.966 bits per heavy atom. The van der Waals surface area contributed by atoms with Crippen molar-refractivity contribution >= 4 is 28.2 Å². The second-order valence-electron chi connectivity index (χ2n) is 6.72. The molecule has 0 bridgehead atoms. The van der Waals surface area contributed by atoms with Crippen molar-refractivity contribution in [3.63, 3.8) is 0 Å². The number of hydrogen-bond donors (Lipinski definition) is 1. The van der Waals surface area contributed by atoms with Crippen LogP contribution in [0.25, 0.3) is 11.1 Å². The molecule has 0 unspecified atom stereocenters. The fraction of sp³-hybridized carbons (Fsp3) is 0.250. The highest BCUT2D eigenvalue weighted by Crippen LogP contribution is 2.35. The Morgan fingerprint density at radius 2 is 1.62 bits per heavy atom. The van der Waals surface area contributed by atoms with Crippen molar-refractivity contribution in [1.82, 2.24) is 0 Å². The zero-order valence-electron chi connectivity index (χ0n) is 17.0. The van der Waals surface area contributed by atoms with Crippen molar-refractivity contribution in [2.75, 3.05) is 11.9 Å². The number of aryl methyl sites for hydroxylation is 1. The Hall–Kier alpha value is -2.92. The van der Waals surface area contributed by atoms with Crippen LogP contribution in [0, 0.1) is 6.92 Å². The van der Waals surface area contributed by atoms with E-state index in [1.807, 2.05) is 49.4 Å². The minimum atomic E-state index is -0.390. The van der Waals surface area contributed by atoms with Gasteiger partial charge in [0, 0.05) is 10.4 Å². The maximum absolute atomic E-state index is 12.8. The minimum absolute atomic E-state index is 0.237.